The van der Waals surface area contributed by atoms with Gasteiger partial charge in [-0.25, -0.2) is 0 Å². The third kappa shape index (κ3) is 8.24. The summed E-state index contributed by atoms with van der Waals surface area (Å²) in [6, 6.07) is 0. The molecule has 2 fully saturated rings. The highest BCUT2D eigenvalue weighted by molar-refractivity contribution is 8.93. The lowest BCUT2D eigenvalue weighted by Crippen LogP contribution is -2.16. The number of carbonyl (C=O) groups excluding carboxylic acids is 2. The Bertz CT molecular complexity index is 450. The SMILES string of the molecule is Br.Br.CC(C)=C1CC[C@@H](C)CC1=O.CC(C)=C1CC[C@@H](C)CC1=O. The summed E-state index contributed by atoms with van der Waals surface area (Å²) < 4.78 is 0. The molecule has 2 aliphatic carbocycles. The van der Waals surface area contributed by atoms with Crippen LogP contribution in [-0.4, -0.2) is 11.6 Å². The highest BCUT2D eigenvalue weighted by Gasteiger charge is 2.21. The minimum Gasteiger partial charge on any atom is -0.295 e. The van der Waals surface area contributed by atoms with E-state index in [1.165, 1.54) is 24.0 Å². The Kier molecular flexibility index (Phi) is 13.2. The van der Waals surface area contributed by atoms with Crippen LogP contribution in [0.15, 0.2) is 22.3 Å². The van der Waals surface area contributed by atoms with Crippen LogP contribution in [0.2, 0.25) is 0 Å². The fourth-order valence-corrected chi connectivity index (χ4v) is 3.20. The number of hydrogen-bond donors (Lipinski definition) is 0. The van der Waals surface area contributed by atoms with E-state index in [-0.39, 0.29) is 34.0 Å². The monoisotopic (exact) mass is 464 g/mol. The first-order valence-corrected chi connectivity index (χ1v) is 8.61. The standard InChI is InChI=1S/2C10H16O.2BrH/c2*1-7(2)9-5-4-8(3)6-10(9)11;;/h2*8H,4-6H2,1-3H3;2*1H/t2*8-;;/m11../s1. The number of Topliss-reactive ketones (excluding diaryl/α,β-unsaturated/α-hetero) is 2. The van der Waals surface area contributed by atoms with Crippen molar-refractivity contribution in [3.63, 3.8) is 0 Å². The van der Waals surface area contributed by atoms with Gasteiger partial charge >= 0.3 is 0 Å². The van der Waals surface area contributed by atoms with Gasteiger partial charge in [0.05, 0.1) is 0 Å². The molecule has 0 radical (unpaired) electrons. The van der Waals surface area contributed by atoms with Crippen LogP contribution in [0.1, 0.15) is 80.1 Å². The van der Waals surface area contributed by atoms with E-state index in [0.717, 1.165) is 36.8 Å². The van der Waals surface area contributed by atoms with Crippen LogP contribution in [0, 0.1) is 11.8 Å². The molecule has 2 saturated carbocycles. The molecule has 2 aliphatic rings. The second-order valence-electron chi connectivity index (χ2n) is 7.50. The van der Waals surface area contributed by atoms with E-state index in [9.17, 15) is 9.59 Å². The van der Waals surface area contributed by atoms with Gasteiger partial charge in [-0.15, -0.1) is 34.0 Å². The van der Waals surface area contributed by atoms with Gasteiger partial charge in [0.2, 0.25) is 0 Å². The zero-order valence-corrected chi connectivity index (χ0v) is 19.5. The molecule has 2 atom stereocenters. The molecule has 0 aromatic carbocycles. The van der Waals surface area contributed by atoms with Crippen molar-refractivity contribution >= 4 is 45.5 Å². The number of ketones is 2. The Labute approximate surface area is 169 Å². The second kappa shape index (κ2) is 12.2. The summed E-state index contributed by atoms with van der Waals surface area (Å²) >= 11 is 0. The van der Waals surface area contributed by atoms with Crippen molar-refractivity contribution in [2.75, 3.05) is 0 Å². The van der Waals surface area contributed by atoms with Gasteiger partial charge in [0.1, 0.15) is 0 Å². The van der Waals surface area contributed by atoms with E-state index in [0.29, 0.717) is 23.4 Å². The van der Waals surface area contributed by atoms with Gasteiger partial charge in [0, 0.05) is 12.8 Å². The summed E-state index contributed by atoms with van der Waals surface area (Å²) in [6.45, 7) is 12.4. The first-order chi connectivity index (χ1) is 10.2. The van der Waals surface area contributed by atoms with E-state index >= 15 is 0 Å². The average molecular weight is 466 g/mol. The third-order valence-electron chi connectivity index (χ3n) is 4.72. The molecule has 140 valence electrons. The lowest BCUT2D eigenvalue weighted by atomic mass is 9.84. The van der Waals surface area contributed by atoms with Crippen molar-refractivity contribution in [3.8, 4) is 0 Å². The predicted octanol–water partition coefficient (Wildman–Crippen LogP) is 6.58. The first-order valence-electron chi connectivity index (χ1n) is 8.61. The quantitative estimate of drug-likeness (QED) is 0.378. The summed E-state index contributed by atoms with van der Waals surface area (Å²) in [4.78, 5) is 22.8. The van der Waals surface area contributed by atoms with Crippen molar-refractivity contribution in [1.82, 2.24) is 0 Å². The average Bonchev–Trinajstić information content (AvgIpc) is 2.38. The molecular weight excluding hydrogens is 432 g/mol. The summed E-state index contributed by atoms with van der Waals surface area (Å²) in [5.74, 6) is 1.96. The Morgan fingerprint density at radius 1 is 0.708 bits per heavy atom. The van der Waals surface area contributed by atoms with Crippen molar-refractivity contribution < 1.29 is 9.59 Å². The maximum absolute atomic E-state index is 11.4. The summed E-state index contributed by atoms with van der Waals surface area (Å²) in [5, 5.41) is 0. The van der Waals surface area contributed by atoms with E-state index in [2.05, 4.69) is 13.8 Å². The van der Waals surface area contributed by atoms with Crippen LogP contribution < -0.4 is 0 Å². The normalized spacial score (nSPS) is 23.4. The molecule has 0 heterocycles. The molecule has 0 aliphatic heterocycles. The van der Waals surface area contributed by atoms with E-state index in [4.69, 9.17) is 0 Å². The van der Waals surface area contributed by atoms with E-state index in [1.54, 1.807) is 0 Å². The molecule has 0 amide bonds. The molecule has 2 nitrogen and oxygen atoms in total. The van der Waals surface area contributed by atoms with Crippen LogP contribution in [0.25, 0.3) is 0 Å². The van der Waals surface area contributed by atoms with Crippen molar-refractivity contribution in [3.05, 3.63) is 22.3 Å². The van der Waals surface area contributed by atoms with Gasteiger partial charge in [-0.3, -0.25) is 9.59 Å². The molecule has 2 rings (SSSR count). The number of rotatable bonds is 0. The highest BCUT2D eigenvalue weighted by Crippen LogP contribution is 2.27. The summed E-state index contributed by atoms with van der Waals surface area (Å²) in [6.07, 6.45) is 5.91. The lowest BCUT2D eigenvalue weighted by molar-refractivity contribution is -0.118. The molecule has 0 bridgehead atoms. The molecule has 4 heteroatoms. The smallest absolute Gasteiger partial charge is 0.159 e. The number of allylic oxidation sites excluding steroid dienone is 4. The Hall–Kier alpha value is -0.220. The van der Waals surface area contributed by atoms with Crippen LogP contribution in [-0.2, 0) is 9.59 Å². The maximum atomic E-state index is 11.4. The highest BCUT2D eigenvalue weighted by atomic mass is 79.9. The maximum Gasteiger partial charge on any atom is 0.159 e. The number of halogens is 2. The third-order valence-corrected chi connectivity index (χ3v) is 4.72. The molecule has 24 heavy (non-hydrogen) atoms. The molecule has 0 aromatic heterocycles. The van der Waals surface area contributed by atoms with Crippen LogP contribution in [0.4, 0.5) is 0 Å². The largest absolute Gasteiger partial charge is 0.295 e. The Balaban J connectivity index is 0. The van der Waals surface area contributed by atoms with Crippen molar-refractivity contribution in [1.29, 1.82) is 0 Å². The molecule has 0 spiro atoms. The molecule has 0 aromatic rings. The van der Waals surface area contributed by atoms with Crippen LogP contribution in [0.5, 0.6) is 0 Å². The van der Waals surface area contributed by atoms with Gasteiger partial charge in [-0.2, -0.15) is 0 Å². The van der Waals surface area contributed by atoms with Gasteiger partial charge in [0.15, 0.2) is 11.6 Å². The van der Waals surface area contributed by atoms with Crippen LogP contribution in [0.3, 0.4) is 0 Å². The molecule has 0 saturated heterocycles. The fraction of sp³-hybridized carbons (Fsp3) is 0.700. The second-order valence-corrected chi connectivity index (χ2v) is 7.50. The molecule has 0 unspecified atom stereocenters. The van der Waals surface area contributed by atoms with Gasteiger partial charge in [-0.05, 0) is 76.4 Å². The zero-order chi connectivity index (χ0) is 16.9. The van der Waals surface area contributed by atoms with E-state index < -0.39 is 0 Å². The molecular formula is C20H34Br2O2. The Morgan fingerprint density at radius 2 is 1.00 bits per heavy atom. The summed E-state index contributed by atoms with van der Waals surface area (Å²) in [7, 11) is 0. The van der Waals surface area contributed by atoms with Gasteiger partial charge < -0.3 is 0 Å². The number of carbonyl (C=O) groups is 2. The number of hydrogen-bond acceptors (Lipinski definition) is 2. The lowest BCUT2D eigenvalue weighted by Gasteiger charge is -2.20. The minimum absolute atomic E-state index is 0. The predicted molar refractivity (Wildman–Crippen MR) is 113 cm³/mol. The van der Waals surface area contributed by atoms with Gasteiger partial charge in [0.25, 0.3) is 0 Å². The zero-order valence-electron chi connectivity index (χ0n) is 16.0. The van der Waals surface area contributed by atoms with Crippen LogP contribution >= 0.6 is 34.0 Å². The molecule has 0 N–H and O–H groups in total. The topological polar surface area (TPSA) is 34.1 Å². The van der Waals surface area contributed by atoms with Crippen molar-refractivity contribution in [2.24, 2.45) is 11.8 Å². The Morgan fingerprint density at radius 3 is 1.21 bits per heavy atom. The van der Waals surface area contributed by atoms with E-state index in [1.807, 2.05) is 27.7 Å². The van der Waals surface area contributed by atoms with Crippen molar-refractivity contribution in [2.45, 2.75) is 80.1 Å². The fourth-order valence-electron chi connectivity index (χ4n) is 3.20. The minimum atomic E-state index is 0. The summed E-state index contributed by atoms with van der Waals surface area (Å²) in [5.41, 5.74) is 4.59. The first kappa shape index (κ1) is 26.0. The van der Waals surface area contributed by atoms with Gasteiger partial charge in [-0.1, -0.05) is 25.0 Å².